The van der Waals surface area contributed by atoms with Crippen molar-refractivity contribution in [1.29, 1.82) is 0 Å². The van der Waals surface area contributed by atoms with E-state index in [1.807, 2.05) is 13.8 Å². The molecule has 1 rings (SSSR count). The van der Waals surface area contributed by atoms with Crippen LogP contribution in [0.2, 0.25) is 0 Å². The van der Waals surface area contributed by atoms with E-state index < -0.39 is 0 Å². The van der Waals surface area contributed by atoms with Crippen LogP contribution >= 0.6 is 24.0 Å². The summed E-state index contributed by atoms with van der Waals surface area (Å²) in [5.41, 5.74) is 1.18. The molecule has 0 atom stereocenters. The molecule has 0 radical (unpaired) electrons. The van der Waals surface area contributed by atoms with Crippen LogP contribution in [0.15, 0.2) is 9.41 Å². The molecule has 1 heterocycles. The minimum Gasteiger partial charge on any atom is -0.444 e. The zero-order valence-corrected chi connectivity index (χ0v) is 17.2. The molecule has 0 saturated heterocycles. The van der Waals surface area contributed by atoms with E-state index in [0.29, 0.717) is 18.4 Å². The maximum Gasteiger partial charge on any atom is 0.214 e. The Kier molecular flexibility index (Phi) is 9.04. The Balaban J connectivity index is 0.00000441. The lowest BCUT2D eigenvalue weighted by Gasteiger charge is -2.27. The van der Waals surface area contributed by atoms with Gasteiger partial charge in [0, 0.05) is 13.6 Å². The summed E-state index contributed by atoms with van der Waals surface area (Å²) in [5, 5.41) is 6.61. The Labute approximate surface area is 151 Å². The van der Waals surface area contributed by atoms with Gasteiger partial charge in [0.2, 0.25) is 5.89 Å². The molecule has 0 fully saturated rings. The maximum atomic E-state index is 5.55. The number of hydrogen-bond acceptors (Lipinski definition) is 3. The van der Waals surface area contributed by atoms with Gasteiger partial charge in [-0.25, -0.2) is 4.98 Å². The van der Waals surface area contributed by atoms with Crippen molar-refractivity contribution in [2.75, 3.05) is 13.6 Å². The van der Waals surface area contributed by atoms with Gasteiger partial charge in [0.1, 0.15) is 5.76 Å². The second-order valence-corrected chi connectivity index (χ2v) is 6.79. The predicted molar refractivity (Wildman–Crippen MR) is 103 cm³/mol. The number of nitrogens with zero attached hydrogens (tertiary/aromatic N) is 2. The number of aromatic nitrogens is 1. The molecule has 0 saturated carbocycles. The second-order valence-electron chi connectivity index (χ2n) is 6.79. The standard InChI is InChI=1S/C16H30N4O.HI/c1-11(2)8-16(5,6)10-19-15(17-7)18-9-14-20-12(3)13(4)21-14;/h11H,8-10H2,1-7H3,(H2,17,18,19);1H. The van der Waals surface area contributed by atoms with Crippen LogP contribution in [-0.2, 0) is 6.54 Å². The molecule has 0 aliphatic rings. The second kappa shape index (κ2) is 9.37. The molecule has 0 aliphatic heterocycles. The smallest absolute Gasteiger partial charge is 0.214 e. The first-order valence-corrected chi connectivity index (χ1v) is 7.61. The van der Waals surface area contributed by atoms with E-state index in [9.17, 15) is 0 Å². The first-order valence-electron chi connectivity index (χ1n) is 7.61. The zero-order valence-electron chi connectivity index (χ0n) is 14.9. The largest absolute Gasteiger partial charge is 0.444 e. The van der Waals surface area contributed by atoms with Crippen LogP contribution in [0.5, 0.6) is 0 Å². The molecule has 0 aliphatic carbocycles. The number of aliphatic imine (C=N–C) groups is 1. The van der Waals surface area contributed by atoms with Gasteiger partial charge in [0.25, 0.3) is 0 Å². The highest BCUT2D eigenvalue weighted by molar-refractivity contribution is 14.0. The van der Waals surface area contributed by atoms with Gasteiger partial charge in [0.15, 0.2) is 5.96 Å². The lowest BCUT2D eigenvalue weighted by Crippen LogP contribution is -2.42. The third-order valence-electron chi connectivity index (χ3n) is 3.40. The van der Waals surface area contributed by atoms with Crippen molar-refractivity contribution in [3.63, 3.8) is 0 Å². The monoisotopic (exact) mass is 422 g/mol. The normalized spacial score (nSPS) is 12.3. The first kappa shape index (κ1) is 21.2. The lowest BCUT2D eigenvalue weighted by molar-refractivity contribution is 0.286. The molecular formula is C16H31IN4O. The minimum absolute atomic E-state index is 0. The fourth-order valence-electron chi connectivity index (χ4n) is 2.50. The van der Waals surface area contributed by atoms with E-state index >= 15 is 0 Å². The quantitative estimate of drug-likeness (QED) is 0.418. The number of halogens is 1. The maximum absolute atomic E-state index is 5.55. The first-order chi connectivity index (χ1) is 9.73. The summed E-state index contributed by atoms with van der Waals surface area (Å²) >= 11 is 0. The van der Waals surface area contributed by atoms with E-state index in [2.05, 4.69) is 48.3 Å². The van der Waals surface area contributed by atoms with Gasteiger partial charge >= 0.3 is 0 Å². The molecule has 1 aromatic rings. The molecule has 0 amide bonds. The van der Waals surface area contributed by atoms with Gasteiger partial charge < -0.3 is 15.1 Å². The Bertz CT molecular complexity index is 461. The Morgan fingerprint density at radius 2 is 1.91 bits per heavy atom. The average molecular weight is 422 g/mol. The molecule has 5 nitrogen and oxygen atoms in total. The fourth-order valence-corrected chi connectivity index (χ4v) is 2.50. The van der Waals surface area contributed by atoms with Gasteiger partial charge in [-0.3, -0.25) is 4.99 Å². The van der Waals surface area contributed by atoms with Crippen molar-refractivity contribution in [3.8, 4) is 0 Å². The molecule has 0 bridgehead atoms. The van der Waals surface area contributed by atoms with Crippen molar-refractivity contribution >= 4 is 29.9 Å². The van der Waals surface area contributed by atoms with E-state index in [4.69, 9.17) is 4.42 Å². The van der Waals surface area contributed by atoms with Gasteiger partial charge in [-0.2, -0.15) is 0 Å². The van der Waals surface area contributed by atoms with Gasteiger partial charge in [0.05, 0.1) is 12.2 Å². The van der Waals surface area contributed by atoms with Crippen LogP contribution in [0.3, 0.4) is 0 Å². The lowest BCUT2D eigenvalue weighted by atomic mass is 9.84. The van der Waals surface area contributed by atoms with Crippen LogP contribution in [0.25, 0.3) is 0 Å². The predicted octanol–water partition coefficient (Wildman–Crippen LogP) is 3.65. The van der Waals surface area contributed by atoms with Gasteiger partial charge in [-0.1, -0.05) is 27.7 Å². The van der Waals surface area contributed by atoms with Crippen molar-refractivity contribution in [3.05, 3.63) is 17.3 Å². The molecule has 1 aromatic heterocycles. The molecular weight excluding hydrogens is 391 g/mol. The highest BCUT2D eigenvalue weighted by atomic mass is 127. The van der Waals surface area contributed by atoms with E-state index in [0.717, 1.165) is 24.0 Å². The van der Waals surface area contributed by atoms with Gasteiger partial charge in [-0.15, -0.1) is 24.0 Å². The number of hydrogen-bond donors (Lipinski definition) is 2. The highest BCUT2D eigenvalue weighted by Gasteiger charge is 2.19. The van der Waals surface area contributed by atoms with Crippen LogP contribution in [0.1, 0.15) is 51.5 Å². The number of oxazole rings is 1. The Morgan fingerprint density at radius 3 is 2.36 bits per heavy atom. The SMILES string of the molecule is CN=C(NCc1nc(C)c(C)o1)NCC(C)(C)CC(C)C.I. The van der Waals surface area contributed by atoms with Crippen molar-refractivity contribution < 1.29 is 4.42 Å². The van der Waals surface area contributed by atoms with Gasteiger partial charge in [-0.05, 0) is 31.6 Å². The third-order valence-corrected chi connectivity index (χ3v) is 3.40. The summed E-state index contributed by atoms with van der Waals surface area (Å²) in [6, 6.07) is 0. The topological polar surface area (TPSA) is 62.5 Å². The third kappa shape index (κ3) is 7.47. The Morgan fingerprint density at radius 1 is 1.27 bits per heavy atom. The number of rotatable bonds is 6. The molecule has 128 valence electrons. The van der Waals surface area contributed by atoms with Crippen molar-refractivity contribution in [2.45, 2.75) is 54.5 Å². The van der Waals surface area contributed by atoms with E-state index in [-0.39, 0.29) is 29.4 Å². The van der Waals surface area contributed by atoms with E-state index in [1.54, 1.807) is 7.05 Å². The molecule has 0 spiro atoms. The van der Waals surface area contributed by atoms with Crippen LogP contribution in [0, 0.1) is 25.2 Å². The molecule has 22 heavy (non-hydrogen) atoms. The van der Waals surface area contributed by atoms with Crippen LogP contribution in [0.4, 0.5) is 0 Å². The fraction of sp³-hybridized carbons (Fsp3) is 0.750. The summed E-state index contributed by atoms with van der Waals surface area (Å²) in [6.45, 7) is 14.3. The number of aryl methyl sites for hydroxylation is 2. The summed E-state index contributed by atoms with van der Waals surface area (Å²) in [5.74, 6) is 3.03. The summed E-state index contributed by atoms with van der Waals surface area (Å²) in [4.78, 5) is 8.59. The van der Waals surface area contributed by atoms with Crippen molar-refractivity contribution in [2.24, 2.45) is 16.3 Å². The zero-order chi connectivity index (χ0) is 16.0. The Hall–Kier alpha value is -0.790. The van der Waals surface area contributed by atoms with Crippen LogP contribution < -0.4 is 10.6 Å². The van der Waals surface area contributed by atoms with Crippen LogP contribution in [-0.4, -0.2) is 24.5 Å². The average Bonchev–Trinajstić information content (AvgIpc) is 2.67. The number of guanidine groups is 1. The molecule has 0 aromatic carbocycles. The van der Waals surface area contributed by atoms with Crippen molar-refractivity contribution in [1.82, 2.24) is 15.6 Å². The molecule has 0 unspecified atom stereocenters. The summed E-state index contributed by atoms with van der Waals surface area (Å²) in [6.07, 6.45) is 1.18. The summed E-state index contributed by atoms with van der Waals surface area (Å²) in [7, 11) is 1.77. The number of nitrogens with one attached hydrogen (secondary N) is 2. The molecule has 6 heteroatoms. The van der Waals surface area contributed by atoms with E-state index in [1.165, 1.54) is 6.42 Å². The minimum atomic E-state index is 0. The molecule has 2 N–H and O–H groups in total. The highest BCUT2D eigenvalue weighted by Crippen LogP contribution is 2.23. The summed E-state index contributed by atoms with van der Waals surface area (Å²) < 4.78 is 5.55.